The highest BCUT2D eigenvalue weighted by Gasteiger charge is 2.42. The lowest BCUT2D eigenvalue weighted by Gasteiger charge is -2.13. The van der Waals surface area contributed by atoms with Gasteiger partial charge in [-0.15, -0.1) is 0 Å². The van der Waals surface area contributed by atoms with Gasteiger partial charge < -0.3 is 4.74 Å². The van der Waals surface area contributed by atoms with Gasteiger partial charge in [0.15, 0.2) is 0 Å². The number of para-hydroxylation sites is 1. The van der Waals surface area contributed by atoms with Crippen LogP contribution >= 0.6 is 15.9 Å². The van der Waals surface area contributed by atoms with E-state index in [9.17, 15) is 0 Å². The van der Waals surface area contributed by atoms with Crippen molar-refractivity contribution < 1.29 is 4.74 Å². The lowest BCUT2D eigenvalue weighted by Crippen LogP contribution is -2.07. The van der Waals surface area contributed by atoms with E-state index in [0.717, 1.165) is 24.0 Å². The van der Waals surface area contributed by atoms with Gasteiger partial charge in [-0.25, -0.2) is 0 Å². The van der Waals surface area contributed by atoms with Crippen LogP contribution in [0.5, 0.6) is 5.75 Å². The second-order valence-electron chi connectivity index (χ2n) is 5.45. The van der Waals surface area contributed by atoms with Gasteiger partial charge in [0.2, 0.25) is 0 Å². The molecule has 0 heterocycles. The zero-order chi connectivity index (χ0) is 13.9. The Morgan fingerprint density at radius 1 is 1.10 bits per heavy atom. The van der Waals surface area contributed by atoms with Crippen LogP contribution < -0.4 is 4.74 Å². The molecular formula is C18H19BrO. The van der Waals surface area contributed by atoms with Gasteiger partial charge in [-0.05, 0) is 41.9 Å². The maximum atomic E-state index is 5.44. The molecule has 20 heavy (non-hydrogen) atoms. The van der Waals surface area contributed by atoms with E-state index >= 15 is 0 Å². The second kappa shape index (κ2) is 6.01. The molecule has 1 fully saturated rings. The molecule has 0 saturated heterocycles. The van der Waals surface area contributed by atoms with Crippen LogP contribution in [-0.2, 0) is 6.42 Å². The standard InChI is InChI=1S/C18H19BrO/c1-20-18-10-6-5-9-14(18)11-17(19)16-12-15(16)13-7-3-2-4-8-13/h2-10,15-17H,11-12H2,1H3. The number of alkyl halides is 1. The third-order valence-corrected chi connectivity index (χ3v) is 5.14. The molecule has 104 valence electrons. The molecule has 3 unspecified atom stereocenters. The van der Waals surface area contributed by atoms with E-state index in [2.05, 4.69) is 58.4 Å². The predicted molar refractivity (Wildman–Crippen MR) is 86.7 cm³/mol. The number of hydrogen-bond donors (Lipinski definition) is 0. The molecule has 2 aromatic carbocycles. The first kappa shape index (κ1) is 13.7. The number of rotatable bonds is 5. The Kier molecular flexibility index (Phi) is 4.11. The lowest BCUT2D eigenvalue weighted by molar-refractivity contribution is 0.409. The van der Waals surface area contributed by atoms with Crippen molar-refractivity contribution in [1.82, 2.24) is 0 Å². The van der Waals surface area contributed by atoms with Crippen LogP contribution in [0.25, 0.3) is 0 Å². The Bertz CT molecular complexity index is 567. The highest BCUT2D eigenvalue weighted by atomic mass is 79.9. The summed E-state index contributed by atoms with van der Waals surface area (Å²) in [5.74, 6) is 2.45. The molecule has 0 amide bonds. The molecule has 3 atom stereocenters. The number of ether oxygens (including phenoxy) is 1. The smallest absolute Gasteiger partial charge is 0.122 e. The average Bonchev–Trinajstić information content (AvgIpc) is 3.29. The van der Waals surface area contributed by atoms with Gasteiger partial charge >= 0.3 is 0 Å². The van der Waals surface area contributed by atoms with E-state index < -0.39 is 0 Å². The second-order valence-corrected chi connectivity index (χ2v) is 6.62. The maximum Gasteiger partial charge on any atom is 0.122 e. The van der Waals surface area contributed by atoms with Crippen LogP contribution in [-0.4, -0.2) is 11.9 Å². The van der Waals surface area contributed by atoms with Crippen molar-refractivity contribution in [3.05, 3.63) is 65.7 Å². The first-order valence-corrected chi connectivity index (χ1v) is 8.02. The molecule has 3 rings (SSSR count). The Balaban J connectivity index is 1.65. The first-order valence-electron chi connectivity index (χ1n) is 7.10. The van der Waals surface area contributed by atoms with E-state index in [4.69, 9.17) is 4.74 Å². The summed E-state index contributed by atoms with van der Waals surface area (Å²) in [5, 5.41) is 0. The molecular weight excluding hydrogens is 312 g/mol. The van der Waals surface area contributed by atoms with E-state index in [1.54, 1.807) is 7.11 Å². The van der Waals surface area contributed by atoms with Gasteiger partial charge in [0, 0.05) is 4.83 Å². The van der Waals surface area contributed by atoms with Gasteiger partial charge in [-0.1, -0.05) is 64.5 Å². The van der Waals surface area contributed by atoms with Crippen molar-refractivity contribution in [1.29, 1.82) is 0 Å². The lowest BCUT2D eigenvalue weighted by atomic mass is 10.0. The Morgan fingerprint density at radius 2 is 1.80 bits per heavy atom. The maximum absolute atomic E-state index is 5.44. The molecule has 1 aliphatic carbocycles. The summed E-state index contributed by atoms with van der Waals surface area (Å²) >= 11 is 3.89. The van der Waals surface area contributed by atoms with Crippen molar-refractivity contribution in [3.63, 3.8) is 0 Å². The largest absolute Gasteiger partial charge is 0.496 e. The van der Waals surface area contributed by atoms with E-state index in [-0.39, 0.29) is 0 Å². The Labute approximate surface area is 129 Å². The summed E-state index contributed by atoms with van der Waals surface area (Å²) in [5.41, 5.74) is 2.76. The van der Waals surface area contributed by atoms with Crippen molar-refractivity contribution in [3.8, 4) is 5.75 Å². The Morgan fingerprint density at radius 3 is 2.55 bits per heavy atom. The molecule has 0 aliphatic heterocycles. The minimum absolute atomic E-state index is 0.518. The molecule has 1 aliphatic rings. The van der Waals surface area contributed by atoms with E-state index in [1.807, 2.05) is 12.1 Å². The first-order chi connectivity index (χ1) is 9.79. The van der Waals surface area contributed by atoms with Crippen LogP contribution in [0.1, 0.15) is 23.5 Å². The van der Waals surface area contributed by atoms with Gasteiger partial charge in [0.05, 0.1) is 7.11 Å². The Hall–Kier alpha value is -1.28. The molecule has 0 spiro atoms. The summed E-state index contributed by atoms with van der Waals surface area (Å²) in [6.07, 6.45) is 2.31. The molecule has 2 aromatic rings. The normalized spacial score (nSPS) is 22.3. The quantitative estimate of drug-likeness (QED) is 0.715. The summed E-state index contributed by atoms with van der Waals surface area (Å²) in [6.45, 7) is 0. The topological polar surface area (TPSA) is 9.23 Å². The van der Waals surface area contributed by atoms with Crippen LogP contribution in [0, 0.1) is 5.92 Å². The third-order valence-electron chi connectivity index (χ3n) is 4.14. The minimum Gasteiger partial charge on any atom is -0.496 e. The van der Waals surface area contributed by atoms with Gasteiger partial charge in [0.1, 0.15) is 5.75 Å². The van der Waals surface area contributed by atoms with Gasteiger partial charge in [-0.3, -0.25) is 0 Å². The summed E-state index contributed by atoms with van der Waals surface area (Å²) in [4.78, 5) is 0.518. The van der Waals surface area contributed by atoms with Crippen LogP contribution in [0.2, 0.25) is 0 Å². The molecule has 2 heteroatoms. The molecule has 0 aromatic heterocycles. The molecule has 0 radical (unpaired) electrons. The van der Waals surface area contributed by atoms with Crippen molar-refractivity contribution >= 4 is 15.9 Å². The number of halogens is 1. The van der Waals surface area contributed by atoms with Gasteiger partial charge in [-0.2, -0.15) is 0 Å². The highest BCUT2D eigenvalue weighted by molar-refractivity contribution is 9.09. The van der Waals surface area contributed by atoms with Crippen LogP contribution in [0.4, 0.5) is 0 Å². The fourth-order valence-electron chi connectivity index (χ4n) is 2.93. The fourth-order valence-corrected chi connectivity index (χ4v) is 3.86. The summed E-state index contributed by atoms with van der Waals surface area (Å²) in [7, 11) is 1.74. The summed E-state index contributed by atoms with van der Waals surface area (Å²) in [6, 6.07) is 19.1. The fraction of sp³-hybridized carbons (Fsp3) is 0.333. The molecule has 1 nitrogen and oxygen atoms in total. The average molecular weight is 331 g/mol. The van der Waals surface area contributed by atoms with Crippen molar-refractivity contribution in [2.24, 2.45) is 5.92 Å². The van der Waals surface area contributed by atoms with Crippen molar-refractivity contribution in [2.75, 3.05) is 7.11 Å². The zero-order valence-electron chi connectivity index (χ0n) is 11.6. The van der Waals surface area contributed by atoms with Gasteiger partial charge in [0.25, 0.3) is 0 Å². The monoisotopic (exact) mass is 330 g/mol. The number of hydrogen-bond acceptors (Lipinski definition) is 1. The van der Waals surface area contributed by atoms with Crippen LogP contribution in [0.15, 0.2) is 54.6 Å². The number of benzene rings is 2. The minimum atomic E-state index is 0.518. The zero-order valence-corrected chi connectivity index (χ0v) is 13.2. The van der Waals surface area contributed by atoms with Crippen LogP contribution in [0.3, 0.4) is 0 Å². The predicted octanol–water partition coefficient (Wildman–Crippen LogP) is 4.80. The summed E-state index contributed by atoms with van der Waals surface area (Å²) < 4.78 is 5.44. The number of methoxy groups -OCH3 is 1. The molecule has 0 bridgehead atoms. The third kappa shape index (κ3) is 2.90. The molecule has 1 saturated carbocycles. The molecule has 0 N–H and O–H groups in total. The van der Waals surface area contributed by atoms with Crippen molar-refractivity contribution in [2.45, 2.75) is 23.6 Å². The van der Waals surface area contributed by atoms with E-state index in [0.29, 0.717) is 4.83 Å². The highest BCUT2D eigenvalue weighted by Crippen LogP contribution is 2.52. The van der Waals surface area contributed by atoms with E-state index in [1.165, 1.54) is 17.5 Å². The SMILES string of the molecule is COc1ccccc1CC(Br)C1CC1c1ccccc1.